The van der Waals surface area contributed by atoms with E-state index in [1.165, 1.54) is 0 Å². The number of carbonyl (C=O) groups is 2. The fraction of sp³-hybridized carbons (Fsp3) is 0.375. The van der Waals surface area contributed by atoms with Crippen molar-refractivity contribution in [2.24, 2.45) is 0 Å². The van der Waals surface area contributed by atoms with E-state index in [-0.39, 0.29) is 6.61 Å². The van der Waals surface area contributed by atoms with Gasteiger partial charge in [-0.15, -0.1) is 6.42 Å². The van der Waals surface area contributed by atoms with Gasteiger partial charge in [0.25, 0.3) is 5.91 Å². The number of terminal acetylenes is 1. The van der Waals surface area contributed by atoms with Crippen molar-refractivity contribution in [3.63, 3.8) is 0 Å². The molecule has 2 rings (SSSR count). The molecule has 0 radical (unpaired) electrons. The summed E-state index contributed by atoms with van der Waals surface area (Å²) in [5.41, 5.74) is -0.770. The number of ether oxygens (including phenoxy) is 1. The maximum absolute atomic E-state index is 12.3. The van der Waals surface area contributed by atoms with E-state index in [1.807, 2.05) is 0 Å². The lowest BCUT2D eigenvalue weighted by Crippen LogP contribution is -2.56. The molecule has 0 aliphatic carbocycles. The second-order valence-electron chi connectivity index (χ2n) is 4.97. The Morgan fingerprint density at radius 1 is 1.32 bits per heavy atom. The monoisotopic (exact) mass is 319 g/mol. The first-order valence-corrected chi connectivity index (χ1v) is 8.03. The molecule has 0 bridgehead atoms. The molecule has 6 heteroatoms. The van der Waals surface area contributed by atoms with E-state index in [2.05, 4.69) is 11.2 Å². The lowest BCUT2D eigenvalue weighted by molar-refractivity contribution is -0.144. The topological polar surface area (TPSA) is 75.6 Å². The third-order valence-corrected chi connectivity index (χ3v) is 4.53. The van der Waals surface area contributed by atoms with Crippen molar-refractivity contribution in [2.45, 2.75) is 18.4 Å². The van der Waals surface area contributed by atoms with Gasteiger partial charge in [0.05, 0.1) is 0 Å². The maximum atomic E-state index is 12.3. The van der Waals surface area contributed by atoms with Crippen LogP contribution in [0.2, 0.25) is 0 Å². The highest BCUT2D eigenvalue weighted by Gasteiger charge is 2.41. The summed E-state index contributed by atoms with van der Waals surface area (Å²) in [5.74, 6) is 3.01. The first-order valence-electron chi connectivity index (χ1n) is 6.87. The van der Waals surface area contributed by atoms with E-state index < -0.39 is 17.4 Å². The zero-order valence-corrected chi connectivity index (χ0v) is 12.8. The molecular formula is C16H17NO4S. The highest BCUT2D eigenvalue weighted by atomic mass is 32.2. The summed E-state index contributed by atoms with van der Waals surface area (Å²) in [5, 5.41) is 12.1. The van der Waals surface area contributed by atoms with Crippen LogP contribution >= 0.6 is 11.8 Å². The molecule has 2 N–H and O–H groups in total. The Bertz CT molecular complexity index is 585. The van der Waals surface area contributed by atoms with Crippen LogP contribution in [0.4, 0.5) is 0 Å². The second kappa shape index (κ2) is 7.23. The van der Waals surface area contributed by atoms with E-state index in [1.54, 1.807) is 36.0 Å². The number of benzene rings is 1. The lowest BCUT2D eigenvalue weighted by atomic mass is 9.92. The summed E-state index contributed by atoms with van der Waals surface area (Å²) in [6.07, 6.45) is 5.97. The van der Waals surface area contributed by atoms with Crippen molar-refractivity contribution in [3.05, 3.63) is 29.8 Å². The Labute approximate surface area is 133 Å². The summed E-state index contributed by atoms with van der Waals surface area (Å²) < 4.78 is 5.23. The van der Waals surface area contributed by atoms with E-state index in [0.717, 1.165) is 11.5 Å². The average Bonchev–Trinajstić information content (AvgIpc) is 2.54. The van der Waals surface area contributed by atoms with Crippen LogP contribution in [-0.2, 0) is 4.79 Å². The number of carboxylic acids is 1. The Hall–Kier alpha value is -2.13. The molecule has 1 aromatic rings. The summed E-state index contributed by atoms with van der Waals surface area (Å²) in [4.78, 5) is 23.8. The molecule has 0 aromatic heterocycles. The van der Waals surface area contributed by atoms with Gasteiger partial charge in [-0.05, 0) is 48.6 Å². The van der Waals surface area contributed by atoms with Crippen LogP contribution in [0.25, 0.3) is 0 Å². The first kappa shape index (κ1) is 16.2. The quantitative estimate of drug-likeness (QED) is 0.809. The van der Waals surface area contributed by atoms with Crippen molar-refractivity contribution in [1.29, 1.82) is 0 Å². The lowest BCUT2D eigenvalue weighted by Gasteiger charge is -2.33. The Kier molecular flexibility index (Phi) is 5.34. The predicted molar refractivity (Wildman–Crippen MR) is 85.2 cm³/mol. The Morgan fingerprint density at radius 2 is 1.95 bits per heavy atom. The van der Waals surface area contributed by atoms with Crippen LogP contribution in [-0.4, -0.2) is 40.6 Å². The zero-order chi connectivity index (χ0) is 16.0. The Morgan fingerprint density at radius 3 is 2.50 bits per heavy atom. The summed E-state index contributed by atoms with van der Waals surface area (Å²) in [6, 6.07) is 6.45. The molecule has 0 spiro atoms. The highest BCUT2D eigenvalue weighted by molar-refractivity contribution is 7.99. The smallest absolute Gasteiger partial charge is 0.329 e. The predicted octanol–water partition coefficient (Wildman–Crippen LogP) is 1.78. The minimum Gasteiger partial charge on any atom is -0.481 e. The largest absolute Gasteiger partial charge is 0.481 e. The van der Waals surface area contributed by atoms with Crippen LogP contribution < -0.4 is 10.1 Å². The van der Waals surface area contributed by atoms with Gasteiger partial charge in [0, 0.05) is 5.56 Å². The van der Waals surface area contributed by atoms with Gasteiger partial charge < -0.3 is 15.2 Å². The second-order valence-corrected chi connectivity index (χ2v) is 6.20. The molecule has 116 valence electrons. The minimum absolute atomic E-state index is 0.158. The fourth-order valence-electron chi connectivity index (χ4n) is 2.23. The van der Waals surface area contributed by atoms with Gasteiger partial charge in [-0.1, -0.05) is 5.92 Å². The average molecular weight is 319 g/mol. The standard InChI is InChI=1S/C16H17NO4S/c1-2-9-21-13-5-3-12(4-6-13)14(18)17-16(15(19)20)7-10-22-11-8-16/h1,3-6H,7-11H2,(H,17,18)(H,19,20). The molecule has 0 saturated carbocycles. The maximum Gasteiger partial charge on any atom is 0.329 e. The van der Waals surface area contributed by atoms with Gasteiger partial charge in [0.1, 0.15) is 17.9 Å². The molecule has 1 aromatic carbocycles. The van der Waals surface area contributed by atoms with E-state index in [4.69, 9.17) is 11.2 Å². The third kappa shape index (κ3) is 3.74. The van der Waals surface area contributed by atoms with Gasteiger partial charge in [0.2, 0.25) is 0 Å². The normalized spacial score (nSPS) is 16.3. The first-order chi connectivity index (χ1) is 10.6. The zero-order valence-electron chi connectivity index (χ0n) is 12.0. The molecule has 0 unspecified atom stereocenters. The molecule has 5 nitrogen and oxygen atoms in total. The van der Waals surface area contributed by atoms with E-state index in [9.17, 15) is 14.7 Å². The van der Waals surface area contributed by atoms with Gasteiger partial charge in [-0.2, -0.15) is 11.8 Å². The summed E-state index contributed by atoms with van der Waals surface area (Å²) in [7, 11) is 0. The third-order valence-electron chi connectivity index (χ3n) is 3.55. The number of hydrogen-bond donors (Lipinski definition) is 2. The molecule has 1 aliphatic heterocycles. The van der Waals surface area contributed by atoms with Gasteiger partial charge in [0.15, 0.2) is 0 Å². The number of carboxylic acid groups (broad SMARTS) is 1. The molecule has 22 heavy (non-hydrogen) atoms. The number of amides is 1. The Balaban J connectivity index is 2.07. The van der Waals surface area contributed by atoms with Gasteiger partial charge >= 0.3 is 5.97 Å². The summed E-state index contributed by atoms with van der Waals surface area (Å²) >= 11 is 1.70. The van der Waals surface area contributed by atoms with Crippen LogP contribution in [0.3, 0.4) is 0 Å². The molecule has 1 amide bonds. The van der Waals surface area contributed by atoms with Crippen molar-refractivity contribution in [2.75, 3.05) is 18.1 Å². The van der Waals surface area contributed by atoms with Crippen molar-refractivity contribution >= 4 is 23.6 Å². The molecule has 1 heterocycles. The molecule has 1 saturated heterocycles. The van der Waals surface area contributed by atoms with Gasteiger partial charge in [-0.25, -0.2) is 4.79 Å². The molecule has 1 fully saturated rings. The minimum atomic E-state index is -1.17. The number of carbonyl (C=O) groups excluding carboxylic acids is 1. The van der Waals surface area contributed by atoms with Crippen molar-refractivity contribution < 1.29 is 19.4 Å². The van der Waals surface area contributed by atoms with Crippen molar-refractivity contribution in [1.82, 2.24) is 5.32 Å². The fourth-order valence-corrected chi connectivity index (χ4v) is 3.42. The van der Waals surface area contributed by atoms with Crippen LogP contribution in [0.5, 0.6) is 5.75 Å². The number of thioether (sulfide) groups is 1. The number of nitrogens with one attached hydrogen (secondary N) is 1. The van der Waals surface area contributed by atoms with E-state index >= 15 is 0 Å². The molecule has 0 atom stereocenters. The van der Waals surface area contributed by atoms with Crippen LogP contribution in [0, 0.1) is 12.3 Å². The molecule has 1 aliphatic rings. The SMILES string of the molecule is C#CCOc1ccc(C(=O)NC2(C(=O)O)CCSCC2)cc1. The number of hydrogen-bond acceptors (Lipinski definition) is 4. The van der Waals surface area contributed by atoms with Crippen LogP contribution in [0.1, 0.15) is 23.2 Å². The summed E-state index contributed by atoms with van der Waals surface area (Å²) in [6.45, 7) is 0.158. The number of rotatable bonds is 5. The van der Waals surface area contributed by atoms with Crippen LogP contribution in [0.15, 0.2) is 24.3 Å². The number of aliphatic carboxylic acids is 1. The van der Waals surface area contributed by atoms with E-state index in [0.29, 0.717) is 24.2 Å². The molecular weight excluding hydrogens is 302 g/mol. The highest BCUT2D eigenvalue weighted by Crippen LogP contribution is 2.28. The van der Waals surface area contributed by atoms with Gasteiger partial charge in [-0.3, -0.25) is 4.79 Å². The van der Waals surface area contributed by atoms with Crippen molar-refractivity contribution in [3.8, 4) is 18.1 Å².